The van der Waals surface area contributed by atoms with E-state index in [0.717, 1.165) is 12.8 Å². The van der Waals surface area contributed by atoms with Gasteiger partial charge in [0.2, 0.25) is 11.8 Å². The van der Waals surface area contributed by atoms with Gasteiger partial charge in [0.05, 0.1) is 16.6 Å². The molecule has 194 valence electrons. The molecule has 10 heteroatoms. The topological polar surface area (TPSA) is 117 Å². The Hall–Kier alpha value is -2.20. The Morgan fingerprint density at radius 2 is 2.03 bits per heavy atom. The Labute approximate surface area is 211 Å². The molecule has 0 aromatic heterocycles. The maximum Gasteiger partial charge on any atom is 0.253 e. The lowest BCUT2D eigenvalue weighted by Crippen LogP contribution is -2.56. The molecule has 35 heavy (non-hydrogen) atoms. The average Bonchev–Trinajstić information content (AvgIpc) is 3.44. The van der Waals surface area contributed by atoms with Gasteiger partial charge < -0.3 is 30.1 Å². The summed E-state index contributed by atoms with van der Waals surface area (Å²) in [5.41, 5.74) is 0.289. The van der Waals surface area contributed by atoms with Crippen molar-refractivity contribution >= 4 is 29.3 Å². The van der Waals surface area contributed by atoms with Crippen LogP contribution in [0.4, 0.5) is 0 Å². The van der Waals surface area contributed by atoms with Gasteiger partial charge in [-0.3, -0.25) is 14.4 Å². The molecule has 3 amide bonds. The normalized spacial score (nSPS) is 25.0. The number of halogens is 1. The van der Waals surface area contributed by atoms with Gasteiger partial charge in [0.25, 0.3) is 5.91 Å². The summed E-state index contributed by atoms with van der Waals surface area (Å²) in [6.45, 7) is 6.62. The highest BCUT2D eigenvalue weighted by Crippen LogP contribution is 2.24. The summed E-state index contributed by atoms with van der Waals surface area (Å²) in [6, 6.07) is 4.66. The molecule has 0 saturated carbocycles. The van der Waals surface area contributed by atoms with Crippen LogP contribution in [-0.2, 0) is 19.1 Å². The average molecular weight is 510 g/mol. The highest BCUT2D eigenvalue weighted by molar-refractivity contribution is 6.33. The van der Waals surface area contributed by atoms with Gasteiger partial charge >= 0.3 is 0 Å². The Morgan fingerprint density at radius 3 is 2.71 bits per heavy atom. The first-order chi connectivity index (χ1) is 16.7. The molecule has 3 N–H and O–H groups in total. The number of carbonyl (C=O) groups is 3. The lowest BCUT2D eigenvalue weighted by atomic mass is 10.0. The van der Waals surface area contributed by atoms with E-state index in [2.05, 4.69) is 10.6 Å². The molecule has 2 aliphatic heterocycles. The molecule has 3 rings (SSSR count). The molecule has 5 atom stereocenters. The number of aliphatic hydroxyl groups is 1. The van der Waals surface area contributed by atoms with E-state index in [1.54, 1.807) is 24.3 Å². The molecule has 1 aromatic carbocycles. The second-order valence-electron chi connectivity index (χ2n) is 9.40. The Balaban J connectivity index is 1.66. The molecular weight excluding hydrogens is 474 g/mol. The van der Waals surface area contributed by atoms with Crippen molar-refractivity contribution in [3.63, 3.8) is 0 Å². The minimum Gasteiger partial charge on any atom is -0.368 e. The Bertz CT molecular complexity index is 898. The quantitative estimate of drug-likeness (QED) is 0.417. The fourth-order valence-electron chi connectivity index (χ4n) is 4.40. The molecule has 1 unspecified atom stereocenters. The van der Waals surface area contributed by atoms with Crippen LogP contribution in [0.1, 0.15) is 63.2 Å². The lowest BCUT2D eigenvalue weighted by Gasteiger charge is -2.31. The highest BCUT2D eigenvalue weighted by Gasteiger charge is 2.42. The zero-order valence-corrected chi connectivity index (χ0v) is 21.3. The van der Waals surface area contributed by atoms with Crippen molar-refractivity contribution in [1.29, 1.82) is 0 Å². The van der Waals surface area contributed by atoms with Crippen molar-refractivity contribution in [3.8, 4) is 0 Å². The van der Waals surface area contributed by atoms with Gasteiger partial charge in [0.15, 0.2) is 12.6 Å². The number of hydrogen-bond donors (Lipinski definition) is 3. The zero-order chi connectivity index (χ0) is 25.5. The van der Waals surface area contributed by atoms with Crippen LogP contribution in [0.25, 0.3) is 0 Å². The zero-order valence-electron chi connectivity index (χ0n) is 20.5. The van der Waals surface area contributed by atoms with E-state index in [4.69, 9.17) is 21.1 Å². The molecule has 0 aliphatic carbocycles. The largest absolute Gasteiger partial charge is 0.368 e. The molecular formula is C25H36ClN3O6. The van der Waals surface area contributed by atoms with Crippen molar-refractivity contribution in [2.24, 2.45) is 5.92 Å². The number of aliphatic hydroxyl groups excluding tert-OH is 1. The minimum absolute atomic E-state index is 0.201. The van der Waals surface area contributed by atoms with Gasteiger partial charge in [-0.05, 0) is 37.3 Å². The van der Waals surface area contributed by atoms with Gasteiger partial charge in [-0.15, -0.1) is 0 Å². The number of nitrogens with zero attached hydrogens (tertiary/aromatic N) is 1. The summed E-state index contributed by atoms with van der Waals surface area (Å²) in [4.78, 5) is 41.0. The number of benzene rings is 1. The second-order valence-corrected chi connectivity index (χ2v) is 9.81. The van der Waals surface area contributed by atoms with Crippen molar-refractivity contribution in [1.82, 2.24) is 15.5 Å². The third kappa shape index (κ3) is 6.94. The first-order valence-electron chi connectivity index (χ1n) is 12.3. The Morgan fingerprint density at radius 1 is 1.29 bits per heavy atom. The summed E-state index contributed by atoms with van der Waals surface area (Å²) >= 11 is 6.15. The number of amides is 3. The van der Waals surface area contributed by atoms with Crippen LogP contribution < -0.4 is 10.6 Å². The van der Waals surface area contributed by atoms with Crippen LogP contribution in [-0.4, -0.2) is 71.6 Å². The van der Waals surface area contributed by atoms with Gasteiger partial charge in [-0.2, -0.15) is 0 Å². The number of ether oxygens (including phenoxy) is 2. The molecule has 0 radical (unpaired) electrons. The van der Waals surface area contributed by atoms with Crippen LogP contribution in [0.15, 0.2) is 24.3 Å². The maximum atomic E-state index is 13.5. The molecule has 2 saturated heterocycles. The molecule has 2 heterocycles. The van der Waals surface area contributed by atoms with E-state index in [9.17, 15) is 19.5 Å². The standard InChI is InChI=1S/C25H36ClN3O6/c1-4-5-13-34-25-18(14-20(30)35-25)27-23(32)19-11-8-12-29(19)24(33)21(15(2)3)28-22(31)16-9-6-7-10-17(16)26/h6-7,9-10,15,18-21,25,30H,4-5,8,11-14H2,1-3H3,(H,27,32)(H,28,31)/t18-,19-,20?,21-,25+/m0/s1. The smallest absolute Gasteiger partial charge is 0.253 e. The van der Waals surface area contributed by atoms with Crippen LogP contribution in [0.5, 0.6) is 0 Å². The number of carbonyl (C=O) groups excluding carboxylic acids is 3. The predicted molar refractivity (Wildman–Crippen MR) is 131 cm³/mol. The summed E-state index contributed by atoms with van der Waals surface area (Å²) < 4.78 is 11.1. The van der Waals surface area contributed by atoms with Gasteiger partial charge in [-0.1, -0.05) is 50.9 Å². The third-order valence-corrected chi connectivity index (χ3v) is 6.69. The van der Waals surface area contributed by atoms with Crippen LogP contribution in [0.2, 0.25) is 5.02 Å². The third-order valence-electron chi connectivity index (χ3n) is 6.36. The van der Waals surface area contributed by atoms with Crippen LogP contribution in [0, 0.1) is 5.92 Å². The van der Waals surface area contributed by atoms with Gasteiger partial charge in [0.1, 0.15) is 12.1 Å². The number of likely N-dealkylation sites (tertiary alicyclic amines) is 1. The molecule has 1 aromatic rings. The molecule has 0 bridgehead atoms. The summed E-state index contributed by atoms with van der Waals surface area (Å²) in [5.74, 6) is -1.26. The fraction of sp³-hybridized carbons (Fsp3) is 0.640. The SMILES string of the molecule is CCCCO[C@@H]1OC(O)C[C@@H]1NC(=O)[C@@H]1CCCN1C(=O)[C@@H](NC(=O)c1ccccc1Cl)C(C)C. The van der Waals surface area contributed by atoms with E-state index in [0.29, 0.717) is 31.0 Å². The molecule has 2 aliphatic rings. The van der Waals surface area contributed by atoms with Crippen LogP contribution >= 0.6 is 11.6 Å². The molecule has 0 spiro atoms. The number of unbranched alkanes of at least 4 members (excludes halogenated alkanes) is 1. The van der Waals surface area contributed by atoms with Gasteiger partial charge in [0, 0.05) is 19.6 Å². The van der Waals surface area contributed by atoms with E-state index in [-0.39, 0.29) is 29.7 Å². The number of hydrogen-bond acceptors (Lipinski definition) is 6. The number of nitrogens with one attached hydrogen (secondary N) is 2. The van der Waals surface area contributed by atoms with Crippen molar-refractivity contribution in [2.75, 3.05) is 13.2 Å². The fourth-order valence-corrected chi connectivity index (χ4v) is 4.62. The predicted octanol–water partition coefficient (Wildman–Crippen LogP) is 2.45. The second kappa shape index (κ2) is 12.7. The molecule has 9 nitrogen and oxygen atoms in total. The van der Waals surface area contributed by atoms with Gasteiger partial charge in [-0.25, -0.2) is 0 Å². The van der Waals surface area contributed by atoms with E-state index >= 15 is 0 Å². The summed E-state index contributed by atoms with van der Waals surface area (Å²) in [6.07, 6.45) is 1.45. The first kappa shape index (κ1) is 27.4. The number of rotatable bonds is 10. The van der Waals surface area contributed by atoms with Crippen molar-refractivity contribution < 1.29 is 29.0 Å². The molecule has 2 fully saturated rings. The van der Waals surface area contributed by atoms with Crippen molar-refractivity contribution in [3.05, 3.63) is 34.9 Å². The minimum atomic E-state index is -1.02. The Kier molecular flexibility index (Phi) is 9.91. The summed E-state index contributed by atoms with van der Waals surface area (Å²) in [5, 5.41) is 15.9. The van der Waals surface area contributed by atoms with Crippen LogP contribution in [0.3, 0.4) is 0 Å². The van der Waals surface area contributed by atoms with Crippen molar-refractivity contribution in [2.45, 2.75) is 83.6 Å². The lowest BCUT2D eigenvalue weighted by molar-refractivity contribution is -0.190. The highest BCUT2D eigenvalue weighted by atomic mass is 35.5. The van der Waals surface area contributed by atoms with E-state index in [1.165, 1.54) is 4.90 Å². The monoisotopic (exact) mass is 509 g/mol. The summed E-state index contributed by atoms with van der Waals surface area (Å²) in [7, 11) is 0. The first-order valence-corrected chi connectivity index (χ1v) is 12.7. The maximum absolute atomic E-state index is 13.5. The van der Waals surface area contributed by atoms with E-state index < -0.39 is 36.6 Å². The van der Waals surface area contributed by atoms with E-state index in [1.807, 2.05) is 20.8 Å².